The Balaban J connectivity index is 2.03. The Morgan fingerprint density at radius 3 is 2.65 bits per heavy atom. The van der Waals surface area contributed by atoms with Crippen LogP contribution in [0.4, 0.5) is 0 Å². The van der Waals surface area contributed by atoms with E-state index in [1.807, 2.05) is 0 Å². The Morgan fingerprint density at radius 1 is 1.30 bits per heavy atom. The van der Waals surface area contributed by atoms with Crippen LogP contribution >= 0.6 is 15.9 Å². The standard InChI is InChI=1S/C15H17BrO4/c16-14-8-2-1-3-12(14)13(18)20-15(14,19)11-6-4-10(9-17)5-7-11/h4-7,12,17,19H,1-3,8-9H2. The molecule has 1 aromatic carbocycles. The molecule has 0 aromatic heterocycles. The van der Waals surface area contributed by atoms with Crippen molar-refractivity contribution < 1.29 is 19.7 Å². The molecule has 3 unspecified atom stereocenters. The monoisotopic (exact) mass is 340 g/mol. The third-order valence-corrected chi connectivity index (χ3v) is 5.95. The van der Waals surface area contributed by atoms with Crippen LogP contribution in [0.15, 0.2) is 24.3 Å². The Kier molecular flexibility index (Phi) is 3.39. The van der Waals surface area contributed by atoms with E-state index < -0.39 is 10.1 Å². The molecule has 2 aliphatic rings. The van der Waals surface area contributed by atoms with Gasteiger partial charge in [0.25, 0.3) is 5.79 Å². The number of benzene rings is 1. The van der Waals surface area contributed by atoms with E-state index in [2.05, 4.69) is 15.9 Å². The van der Waals surface area contributed by atoms with Crippen LogP contribution in [0.1, 0.15) is 36.8 Å². The Morgan fingerprint density at radius 2 is 2.00 bits per heavy atom. The van der Waals surface area contributed by atoms with Crippen molar-refractivity contribution in [1.82, 2.24) is 0 Å². The first-order valence-electron chi connectivity index (χ1n) is 6.86. The van der Waals surface area contributed by atoms with Gasteiger partial charge in [-0.3, -0.25) is 4.79 Å². The summed E-state index contributed by atoms with van der Waals surface area (Å²) in [6, 6.07) is 6.87. The van der Waals surface area contributed by atoms with E-state index in [1.165, 1.54) is 0 Å². The first kappa shape index (κ1) is 14.0. The number of cyclic esters (lactones) is 1. The largest absolute Gasteiger partial charge is 0.427 e. The summed E-state index contributed by atoms with van der Waals surface area (Å²) in [6.45, 7) is -0.0550. The maximum atomic E-state index is 12.1. The zero-order valence-corrected chi connectivity index (χ0v) is 12.6. The van der Waals surface area contributed by atoms with Gasteiger partial charge in [0.05, 0.1) is 12.5 Å². The van der Waals surface area contributed by atoms with E-state index in [1.54, 1.807) is 24.3 Å². The van der Waals surface area contributed by atoms with Crippen LogP contribution in [0, 0.1) is 5.92 Å². The summed E-state index contributed by atoms with van der Waals surface area (Å²) in [4.78, 5) is 12.1. The second-order valence-electron chi connectivity index (χ2n) is 5.58. The Bertz CT molecular complexity index is 529. The molecule has 3 atom stereocenters. The lowest BCUT2D eigenvalue weighted by atomic mass is 9.74. The lowest BCUT2D eigenvalue weighted by molar-refractivity contribution is -0.201. The third-order valence-electron chi connectivity index (χ3n) is 4.46. The SMILES string of the molecule is O=C1OC(O)(c2ccc(CO)cc2)C2(Br)CCCCC12. The van der Waals surface area contributed by atoms with Gasteiger partial charge in [0.2, 0.25) is 0 Å². The molecule has 1 saturated heterocycles. The topological polar surface area (TPSA) is 66.8 Å². The van der Waals surface area contributed by atoms with Crippen molar-refractivity contribution in [3.05, 3.63) is 35.4 Å². The van der Waals surface area contributed by atoms with Gasteiger partial charge >= 0.3 is 5.97 Å². The van der Waals surface area contributed by atoms with Crippen molar-refractivity contribution in [2.24, 2.45) is 5.92 Å². The number of rotatable bonds is 2. The zero-order valence-electron chi connectivity index (χ0n) is 11.0. The summed E-state index contributed by atoms with van der Waals surface area (Å²) >= 11 is 3.61. The molecular formula is C15H17BrO4. The lowest BCUT2D eigenvalue weighted by Gasteiger charge is -2.40. The number of hydrogen-bond acceptors (Lipinski definition) is 4. The number of hydrogen-bond donors (Lipinski definition) is 2. The molecule has 1 saturated carbocycles. The van der Waals surface area contributed by atoms with Gasteiger partial charge in [-0.05, 0) is 18.4 Å². The average Bonchev–Trinajstić information content (AvgIpc) is 2.67. The summed E-state index contributed by atoms with van der Waals surface area (Å²) in [6.07, 6.45) is 3.37. The molecule has 1 aromatic rings. The third kappa shape index (κ3) is 1.84. The molecule has 0 bridgehead atoms. The van der Waals surface area contributed by atoms with E-state index in [-0.39, 0.29) is 18.5 Å². The lowest BCUT2D eigenvalue weighted by Crippen LogP contribution is -2.48. The van der Waals surface area contributed by atoms with Crippen molar-refractivity contribution >= 4 is 21.9 Å². The normalized spacial score (nSPS) is 36.5. The van der Waals surface area contributed by atoms with Crippen molar-refractivity contribution in [2.45, 2.75) is 42.4 Å². The number of esters is 1. The summed E-state index contributed by atoms with van der Waals surface area (Å²) in [5.74, 6) is -2.28. The van der Waals surface area contributed by atoms with E-state index in [9.17, 15) is 9.90 Å². The van der Waals surface area contributed by atoms with Gasteiger partial charge in [0.15, 0.2) is 0 Å². The molecule has 20 heavy (non-hydrogen) atoms. The minimum atomic E-state index is -1.64. The molecular weight excluding hydrogens is 324 g/mol. The molecule has 3 rings (SSSR count). The highest BCUT2D eigenvalue weighted by molar-refractivity contribution is 9.10. The Hall–Kier alpha value is -0.910. The van der Waals surface area contributed by atoms with Gasteiger partial charge in [0.1, 0.15) is 4.32 Å². The number of fused-ring (bicyclic) bond motifs is 1. The van der Waals surface area contributed by atoms with E-state index in [0.29, 0.717) is 12.0 Å². The highest BCUT2D eigenvalue weighted by atomic mass is 79.9. The van der Waals surface area contributed by atoms with Crippen molar-refractivity contribution in [2.75, 3.05) is 0 Å². The fourth-order valence-electron chi connectivity index (χ4n) is 3.28. The summed E-state index contributed by atoms with van der Waals surface area (Å²) < 4.78 is 4.61. The highest BCUT2D eigenvalue weighted by Gasteiger charge is 2.66. The molecule has 1 aliphatic carbocycles. The Labute approximate surface area is 125 Å². The molecule has 1 aliphatic heterocycles. The molecule has 5 heteroatoms. The molecule has 2 fully saturated rings. The zero-order chi connectivity index (χ0) is 14.4. The fraction of sp³-hybridized carbons (Fsp3) is 0.533. The van der Waals surface area contributed by atoms with Crippen LogP contribution in [0.3, 0.4) is 0 Å². The van der Waals surface area contributed by atoms with Crippen molar-refractivity contribution in [3.63, 3.8) is 0 Å². The highest BCUT2D eigenvalue weighted by Crippen LogP contribution is 2.57. The van der Waals surface area contributed by atoms with Crippen LogP contribution in [-0.4, -0.2) is 20.5 Å². The van der Waals surface area contributed by atoms with Crippen LogP contribution in [0.2, 0.25) is 0 Å². The first-order chi connectivity index (χ1) is 9.51. The second-order valence-corrected chi connectivity index (χ2v) is 7.00. The fourth-order valence-corrected chi connectivity index (χ4v) is 4.29. The molecule has 0 radical (unpaired) electrons. The van der Waals surface area contributed by atoms with Gasteiger partial charge in [-0.15, -0.1) is 0 Å². The van der Waals surface area contributed by atoms with Gasteiger partial charge < -0.3 is 14.9 Å². The number of ether oxygens (including phenoxy) is 1. The summed E-state index contributed by atoms with van der Waals surface area (Å²) in [5, 5.41) is 20.1. The number of halogens is 1. The van der Waals surface area contributed by atoms with Gasteiger partial charge in [-0.2, -0.15) is 0 Å². The number of aliphatic hydroxyl groups is 2. The van der Waals surface area contributed by atoms with Gasteiger partial charge in [-0.1, -0.05) is 53.0 Å². The maximum Gasteiger partial charge on any atom is 0.313 e. The van der Waals surface area contributed by atoms with Crippen LogP contribution in [0.25, 0.3) is 0 Å². The predicted octanol–water partition coefficient (Wildman–Crippen LogP) is 2.20. The smallest absolute Gasteiger partial charge is 0.313 e. The van der Waals surface area contributed by atoms with Crippen molar-refractivity contribution in [3.8, 4) is 0 Å². The minimum Gasteiger partial charge on any atom is -0.427 e. The summed E-state index contributed by atoms with van der Waals surface area (Å²) in [7, 11) is 0. The first-order valence-corrected chi connectivity index (χ1v) is 7.65. The molecule has 0 spiro atoms. The van der Waals surface area contributed by atoms with Gasteiger partial charge in [-0.25, -0.2) is 0 Å². The maximum absolute atomic E-state index is 12.1. The van der Waals surface area contributed by atoms with Gasteiger partial charge in [0, 0.05) is 5.56 Å². The molecule has 108 valence electrons. The number of carbonyl (C=O) groups excluding carboxylic acids is 1. The quantitative estimate of drug-likeness (QED) is 0.639. The van der Waals surface area contributed by atoms with Crippen LogP contribution in [-0.2, 0) is 21.9 Å². The second kappa shape index (κ2) is 4.83. The van der Waals surface area contributed by atoms with Crippen LogP contribution < -0.4 is 0 Å². The molecule has 4 nitrogen and oxygen atoms in total. The number of carbonyl (C=O) groups is 1. The van der Waals surface area contributed by atoms with E-state index in [0.717, 1.165) is 24.8 Å². The number of alkyl halides is 1. The number of aliphatic hydroxyl groups excluding tert-OH is 1. The molecule has 2 N–H and O–H groups in total. The molecule has 1 heterocycles. The van der Waals surface area contributed by atoms with Crippen LogP contribution in [0.5, 0.6) is 0 Å². The minimum absolute atomic E-state index is 0.0550. The van der Waals surface area contributed by atoms with E-state index >= 15 is 0 Å². The molecule has 0 amide bonds. The van der Waals surface area contributed by atoms with Crippen molar-refractivity contribution in [1.29, 1.82) is 0 Å². The van der Waals surface area contributed by atoms with E-state index in [4.69, 9.17) is 9.84 Å². The average molecular weight is 341 g/mol. The summed E-state index contributed by atoms with van der Waals surface area (Å²) in [5.41, 5.74) is 1.30. The predicted molar refractivity (Wildman–Crippen MR) is 76.0 cm³/mol.